The first kappa shape index (κ1) is 13.0. The topological polar surface area (TPSA) is 42.0 Å². The molecule has 0 aliphatic rings. The molecule has 0 bridgehead atoms. The molecule has 1 heterocycles. The molecule has 0 atom stereocenters. The molecule has 16 heavy (non-hydrogen) atoms. The van der Waals surface area contributed by atoms with Gasteiger partial charge in [-0.25, -0.2) is 0 Å². The van der Waals surface area contributed by atoms with Crippen molar-refractivity contribution in [3.8, 4) is 0 Å². The first-order valence-electron chi connectivity index (χ1n) is 5.59. The molecule has 1 aromatic heterocycles. The van der Waals surface area contributed by atoms with E-state index in [4.69, 9.17) is 11.6 Å². The molecule has 0 radical (unpaired) electrons. The standard InChI is InChI=1S/C12H17ClN2O/c13-7-3-1-2-4-9-15-12(16)11-6-5-8-14-10-11/h5-6,8,10H,1-4,7,9H2,(H,15,16). The highest BCUT2D eigenvalue weighted by Gasteiger charge is 2.02. The minimum Gasteiger partial charge on any atom is -0.352 e. The summed E-state index contributed by atoms with van der Waals surface area (Å²) >= 11 is 5.57. The van der Waals surface area contributed by atoms with Gasteiger partial charge in [-0.2, -0.15) is 0 Å². The number of halogens is 1. The molecular weight excluding hydrogens is 224 g/mol. The van der Waals surface area contributed by atoms with Crippen molar-refractivity contribution < 1.29 is 4.79 Å². The monoisotopic (exact) mass is 240 g/mol. The van der Waals surface area contributed by atoms with Gasteiger partial charge < -0.3 is 5.32 Å². The van der Waals surface area contributed by atoms with Crippen molar-refractivity contribution in [3.63, 3.8) is 0 Å². The van der Waals surface area contributed by atoms with E-state index in [9.17, 15) is 4.79 Å². The molecule has 1 amide bonds. The second kappa shape index (κ2) is 8.11. The van der Waals surface area contributed by atoms with Crippen molar-refractivity contribution in [2.24, 2.45) is 0 Å². The number of rotatable bonds is 7. The molecule has 88 valence electrons. The summed E-state index contributed by atoms with van der Waals surface area (Å²) in [4.78, 5) is 15.5. The molecule has 4 heteroatoms. The van der Waals surface area contributed by atoms with Crippen LogP contribution in [0.25, 0.3) is 0 Å². The summed E-state index contributed by atoms with van der Waals surface area (Å²) in [6.45, 7) is 0.718. The van der Waals surface area contributed by atoms with Gasteiger partial charge in [0.05, 0.1) is 5.56 Å². The SMILES string of the molecule is O=C(NCCCCCCCl)c1cccnc1. The van der Waals surface area contributed by atoms with E-state index in [1.54, 1.807) is 24.5 Å². The molecular formula is C12H17ClN2O. The summed E-state index contributed by atoms with van der Waals surface area (Å²) in [5.41, 5.74) is 0.614. The van der Waals surface area contributed by atoms with Gasteiger partial charge >= 0.3 is 0 Å². The molecule has 0 aliphatic heterocycles. The Balaban J connectivity index is 2.12. The van der Waals surface area contributed by atoms with Crippen LogP contribution in [-0.2, 0) is 0 Å². The number of hydrogen-bond acceptors (Lipinski definition) is 2. The van der Waals surface area contributed by atoms with Crippen molar-refractivity contribution in [1.29, 1.82) is 0 Å². The lowest BCUT2D eigenvalue weighted by molar-refractivity contribution is 0.0952. The van der Waals surface area contributed by atoms with Crippen LogP contribution < -0.4 is 5.32 Å². The lowest BCUT2D eigenvalue weighted by Crippen LogP contribution is -2.24. The zero-order chi connectivity index (χ0) is 11.6. The molecule has 0 unspecified atom stereocenters. The lowest BCUT2D eigenvalue weighted by atomic mass is 10.2. The third kappa shape index (κ3) is 5.12. The summed E-state index contributed by atoms with van der Waals surface area (Å²) in [6, 6.07) is 3.52. The first-order valence-corrected chi connectivity index (χ1v) is 6.12. The molecule has 0 aromatic carbocycles. The van der Waals surface area contributed by atoms with Gasteiger partial charge in [-0.1, -0.05) is 12.8 Å². The van der Waals surface area contributed by atoms with Gasteiger partial charge in [0.2, 0.25) is 0 Å². The minimum absolute atomic E-state index is 0.0505. The van der Waals surface area contributed by atoms with Crippen LogP contribution in [0, 0.1) is 0 Å². The molecule has 1 rings (SSSR count). The average molecular weight is 241 g/mol. The molecule has 0 aliphatic carbocycles. The van der Waals surface area contributed by atoms with Crippen LogP contribution in [0.15, 0.2) is 24.5 Å². The summed E-state index contributed by atoms with van der Waals surface area (Å²) in [5, 5.41) is 2.86. The molecule has 0 spiro atoms. The normalized spacial score (nSPS) is 10.1. The number of nitrogens with zero attached hydrogens (tertiary/aromatic N) is 1. The maximum atomic E-state index is 11.6. The Morgan fingerprint density at radius 3 is 2.81 bits per heavy atom. The van der Waals surface area contributed by atoms with Gasteiger partial charge in [-0.3, -0.25) is 9.78 Å². The van der Waals surface area contributed by atoms with Crippen molar-refractivity contribution in [3.05, 3.63) is 30.1 Å². The number of unbranched alkanes of at least 4 members (excludes halogenated alkanes) is 3. The first-order chi connectivity index (χ1) is 7.84. The minimum atomic E-state index is -0.0505. The Morgan fingerprint density at radius 1 is 1.31 bits per heavy atom. The van der Waals surface area contributed by atoms with Crippen LogP contribution in [0.3, 0.4) is 0 Å². The van der Waals surface area contributed by atoms with E-state index in [1.165, 1.54) is 0 Å². The van der Waals surface area contributed by atoms with Crippen molar-refractivity contribution in [2.75, 3.05) is 12.4 Å². The fourth-order valence-corrected chi connectivity index (χ4v) is 1.56. The number of carbonyl (C=O) groups is 1. The second-order valence-corrected chi connectivity index (χ2v) is 3.98. The van der Waals surface area contributed by atoms with Crippen molar-refractivity contribution in [2.45, 2.75) is 25.7 Å². The highest BCUT2D eigenvalue weighted by atomic mass is 35.5. The largest absolute Gasteiger partial charge is 0.352 e. The molecule has 0 saturated carbocycles. The number of aromatic nitrogens is 1. The van der Waals surface area contributed by atoms with Crippen LogP contribution in [0.5, 0.6) is 0 Å². The lowest BCUT2D eigenvalue weighted by Gasteiger charge is -2.04. The Labute approximate surface area is 101 Å². The Bertz CT molecular complexity index is 303. The zero-order valence-corrected chi connectivity index (χ0v) is 10.0. The molecule has 0 saturated heterocycles. The van der Waals surface area contributed by atoms with Gasteiger partial charge in [0.15, 0.2) is 0 Å². The van der Waals surface area contributed by atoms with Crippen LogP contribution in [0.2, 0.25) is 0 Å². The molecule has 3 nitrogen and oxygen atoms in total. The summed E-state index contributed by atoms with van der Waals surface area (Å²) in [5.74, 6) is 0.674. The summed E-state index contributed by atoms with van der Waals surface area (Å²) < 4.78 is 0. The highest BCUT2D eigenvalue weighted by molar-refractivity contribution is 6.17. The van der Waals surface area contributed by atoms with E-state index in [-0.39, 0.29) is 5.91 Å². The van der Waals surface area contributed by atoms with E-state index < -0.39 is 0 Å². The third-order valence-corrected chi connectivity index (χ3v) is 2.54. The predicted molar refractivity (Wildman–Crippen MR) is 65.8 cm³/mol. The average Bonchev–Trinajstić information content (AvgIpc) is 2.34. The molecule has 1 aromatic rings. The van der Waals surface area contributed by atoms with Crippen LogP contribution in [-0.4, -0.2) is 23.3 Å². The van der Waals surface area contributed by atoms with Gasteiger partial charge in [0.1, 0.15) is 0 Å². The van der Waals surface area contributed by atoms with E-state index in [0.29, 0.717) is 5.56 Å². The Morgan fingerprint density at radius 2 is 2.12 bits per heavy atom. The van der Waals surface area contributed by atoms with Gasteiger partial charge in [0, 0.05) is 24.8 Å². The second-order valence-electron chi connectivity index (χ2n) is 3.60. The fourth-order valence-electron chi connectivity index (χ4n) is 1.37. The van der Waals surface area contributed by atoms with Crippen molar-refractivity contribution in [1.82, 2.24) is 10.3 Å². The van der Waals surface area contributed by atoms with Gasteiger partial charge in [-0.15, -0.1) is 11.6 Å². The number of nitrogens with one attached hydrogen (secondary N) is 1. The number of carbonyl (C=O) groups excluding carboxylic acids is 1. The van der Waals surface area contributed by atoms with Gasteiger partial charge in [-0.05, 0) is 25.0 Å². The maximum Gasteiger partial charge on any atom is 0.252 e. The maximum absolute atomic E-state index is 11.6. The number of pyridine rings is 1. The van der Waals surface area contributed by atoms with Crippen LogP contribution >= 0.6 is 11.6 Å². The third-order valence-electron chi connectivity index (χ3n) is 2.27. The van der Waals surface area contributed by atoms with E-state index in [0.717, 1.165) is 38.1 Å². The fraction of sp³-hybridized carbons (Fsp3) is 0.500. The van der Waals surface area contributed by atoms with E-state index in [2.05, 4.69) is 10.3 Å². The molecule has 1 N–H and O–H groups in total. The zero-order valence-electron chi connectivity index (χ0n) is 9.29. The molecule has 0 fully saturated rings. The highest BCUT2D eigenvalue weighted by Crippen LogP contribution is 2.00. The number of hydrogen-bond donors (Lipinski definition) is 1. The van der Waals surface area contributed by atoms with E-state index >= 15 is 0 Å². The van der Waals surface area contributed by atoms with Crippen molar-refractivity contribution >= 4 is 17.5 Å². The summed E-state index contributed by atoms with van der Waals surface area (Å²) in [6.07, 6.45) is 7.53. The summed E-state index contributed by atoms with van der Waals surface area (Å²) in [7, 11) is 0. The van der Waals surface area contributed by atoms with Crippen LogP contribution in [0.1, 0.15) is 36.0 Å². The predicted octanol–water partition coefficient (Wildman–Crippen LogP) is 2.61. The Hall–Kier alpha value is -1.09. The smallest absolute Gasteiger partial charge is 0.252 e. The van der Waals surface area contributed by atoms with Crippen LogP contribution in [0.4, 0.5) is 0 Å². The Kier molecular flexibility index (Phi) is 6.58. The quantitative estimate of drug-likeness (QED) is 0.588. The number of alkyl halides is 1. The van der Waals surface area contributed by atoms with Gasteiger partial charge in [0.25, 0.3) is 5.91 Å². The van der Waals surface area contributed by atoms with E-state index in [1.807, 2.05) is 0 Å². The number of amides is 1.